The van der Waals surface area contributed by atoms with Gasteiger partial charge in [0.25, 0.3) is 0 Å². The molecule has 32 heavy (non-hydrogen) atoms. The summed E-state index contributed by atoms with van der Waals surface area (Å²) in [6.07, 6.45) is 3.57. The van der Waals surface area contributed by atoms with Crippen LogP contribution in [0.3, 0.4) is 0 Å². The number of carboxylic acids is 1. The zero-order valence-electron chi connectivity index (χ0n) is 17.7. The van der Waals surface area contributed by atoms with E-state index in [1.165, 1.54) is 0 Å². The Labute approximate surface area is 186 Å². The van der Waals surface area contributed by atoms with Crippen LogP contribution >= 0.6 is 0 Å². The van der Waals surface area contributed by atoms with Crippen molar-refractivity contribution in [2.45, 2.75) is 18.5 Å². The molecule has 164 valence electrons. The number of nitrogens with zero attached hydrogens (tertiary/aromatic N) is 2. The Kier molecular flexibility index (Phi) is 5.41. The highest BCUT2D eigenvalue weighted by Crippen LogP contribution is 2.48. The molecule has 1 N–H and O–H groups in total. The maximum atomic E-state index is 12.6. The SMILES string of the molecule is COc1ccc([C@@H]2[C@@H](C(=O)O)[C@@H](c3ccc4c(c3)OCO4)CN2Cc2cccnc2)cc1. The standard InChI is InChI=1S/C25H24N2O5/c1-30-19-7-4-17(5-8-19)24-23(25(28)29)20(14-27(24)13-16-3-2-10-26-12-16)18-6-9-21-22(11-18)32-15-31-21/h2-12,20,23-24H,13-15H2,1H3,(H,28,29)/t20-,23+,24-/m1/s1. The van der Waals surface area contributed by atoms with Gasteiger partial charge in [-0.2, -0.15) is 0 Å². The van der Waals surface area contributed by atoms with Crippen LogP contribution in [0.2, 0.25) is 0 Å². The molecule has 2 aromatic carbocycles. The summed E-state index contributed by atoms with van der Waals surface area (Å²) < 4.78 is 16.3. The summed E-state index contributed by atoms with van der Waals surface area (Å²) in [6, 6.07) is 17.0. The van der Waals surface area contributed by atoms with E-state index in [4.69, 9.17) is 14.2 Å². The van der Waals surface area contributed by atoms with Crippen molar-refractivity contribution in [2.75, 3.05) is 20.4 Å². The van der Waals surface area contributed by atoms with E-state index in [1.807, 2.05) is 60.8 Å². The minimum absolute atomic E-state index is 0.188. The summed E-state index contributed by atoms with van der Waals surface area (Å²) in [5.41, 5.74) is 2.93. The van der Waals surface area contributed by atoms with E-state index in [0.29, 0.717) is 24.6 Å². The Morgan fingerprint density at radius 2 is 1.91 bits per heavy atom. The smallest absolute Gasteiger partial charge is 0.309 e. The van der Waals surface area contributed by atoms with Gasteiger partial charge in [-0.3, -0.25) is 14.7 Å². The van der Waals surface area contributed by atoms with Crippen molar-refractivity contribution in [1.82, 2.24) is 9.88 Å². The predicted molar refractivity (Wildman–Crippen MR) is 117 cm³/mol. The lowest BCUT2D eigenvalue weighted by molar-refractivity contribution is -0.143. The molecule has 3 aromatic rings. The molecule has 5 rings (SSSR count). The largest absolute Gasteiger partial charge is 0.497 e. The van der Waals surface area contributed by atoms with Gasteiger partial charge in [-0.1, -0.05) is 24.3 Å². The maximum Gasteiger partial charge on any atom is 0.309 e. The molecule has 3 heterocycles. The number of hydrogen-bond acceptors (Lipinski definition) is 6. The fraction of sp³-hybridized carbons (Fsp3) is 0.280. The van der Waals surface area contributed by atoms with Gasteiger partial charge in [0.05, 0.1) is 13.0 Å². The van der Waals surface area contributed by atoms with Gasteiger partial charge in [-0.05, 0) is 47.0 Å². The van der Waals surface area contributed by atoms with Crippen molar-refractivity contribution in [3.05, 3.63) is 83.7 Å². The molecule has 0 aliphatic carbocycles. The van der Waals surface area contributed by atoms with Crippen LogP contribution < -0.4 is 14.2 Å². The number of methoxy groups -OCH3 is 1. The number of aromatic nitrogens is 1. The van der Waals surface area contributed by atoms with Gasteiger partial charge in [0.15, 0.2) is 11.5 Å². The molecule has 2 aliphatic heterocycles. The number of likely N-dealkylation sites (tertiary alicyclic amines) is 1. The van der Waals surface area contributed by atoms with Gasteiger partial charge in [0.1, 0.15) is 5.75 Å². The van der Waals surface area contributed by atoms with Crippen LogP contribution in [0, 0.1) is 5.92 Å². The number of fused-ring (bicyclic) bond motifs is 1. The number of rotatable bonds is 6. The van der Waals surface area contributed by atoms with Gasteiger partial charge >= 0.3 is 5.97 Å². The molecule has 3 atom stereocenters. The second-order valence-corrected chi connectivity index (χ2v) is 8.09. The van der Waals surface area contributed by atoms with E-state index < -0.39 is 11.9 Å². The topological polar surface area (TPSA) is 81.1 Å². The van der Waals surface area contributed by atoms with Crippen LogP contribution in [0.5, 0.6) is 17.2 Å². The Balaban J connectivity index is 1.55. The second kappa shape index (κ2) is 8.51. The first kappa shape index (κ1) is 20.3. The summed E-state index contributed by atoms with van der Waals surface area (Å²) in [4.78, 5) is 19.1. The molecule has 0 bridgehead atoms. The number of hydrogen-bond donors (Lipinski definition) is 1. The molecule has 0 unspecified atom stereocenters. The number of carboxylic acid groups (broad SMARTS) is 1. The van der Waals surface area contributed by atoms with Gasteiger partial charge in [-0.15, -0.1) is 0 Å². The molecule has 0 amide bonds. The van der Waals surface area contributed by atoms with Crippen LogP contribution in [0.4, 0.5) is 0 Å². The number of carbonyl (C=O) groups is 1. The van der Waals surface area contributed by atoms with Crippen molar-refractivity contribution in [2.24, 2.45) is 5.92 Å². The summed E-state index contributed by atoms with van der Waals surface area (Å²) in [7, 11) is 1.62. The third-order valence-electron chi connectivity index (χ3n) is 6.27. The van der Waals surface area contributed by atoms with Crippen molar-refractivity contribution >= 4 is 5.97 Å². The first-order valence-electron chi connectivity index (χ1n) is 10.5. The monoisotopic (exact) mass is 432 g/mol. The van der Waals surface area contributed by atoms with Crippen LogP contribution in [-0.4, -0.2) is 41.4 Å². The van der Waals surface area contributed by atoms with Gasteiger partial charge in [0, 0.05) is 37.4 Å². The summed E-state index contributed by atoms with van der Waals surface area (Å²) >= 11 is 0. The molecular weight excluding hydrogens is 408 g/mol. The average Bonchev–Trinajstić information content (AvgIpc) is 3.44. The van der Waals surface area contributed by atoms with Crippen LogP contribution in [0.15, 0.2) is 67.0 Å². The number of ether oxygens (including phenoxy) is 3. The average molecular weight is 432 g/mol. The van der Waals surface area contributed by atoms with Crippen LogP contribution in [-0.2, 0) is 11.3 Å². The van der Waals surface area contributed by atoms with Gasteiger partial charge < -0.3 is 19.3 Å². The van der Waals surface area contributed by atoms with E-state index >= 15 is 0 Å². The van der Waals surface area contributed by atoms with Crippen LogP contribution in [0.25, 0.3) is 0 Å². The van der Waals surface area contributed by atoms with E-state index in [9.17, 15) is 9.90 Å². The molecule has 1 saturated heterocycles. The molecule has 7 nitrogen and oxygen atoms in total. The lowest BCUT2D eigenvalue weighted by Gasteiger charge is -2.27. The molecule has 7 heteroatoms. The number of pyridine rings is 1. The highest BCUT2D eigenvalue weighted by Gasteiger charge is 2.47. The van der Waals surface area contributed by atoms with Crippen molar-refractivity contribution in [1.29, 1.82) is 0 Å². The Morgan fingerprint density at radius 3 is 2.62 bits per heavy atom. The lowest BCUT2D eigenvalue weighted by Crippen LogP contribution is -2.28. The van der Waals surface area contributed by atoms with Crippen molar-refractivity contribution < 1.29 is 24.1 Å². The Morgan fingerprint density at radius 1 is 1.12 bits per heavy atom. The van der Waals surface area contributed by atoms with E-state index in [-0.39, 0.29) is 18.8 Å². The normalized spacial score (nSPS) is 22.1. The molecule has 2 aliphatic rings. The Bertz CT molecular complexity index is 1100. The fourth-order valence-electron chi connectivity index (χ4n) is 4.80. The first-order valence-corrected chi connectivity index (χ1v) is 10.5. The molecular formula is C25H24N2O5. The Hall–Kier alpha value is -3.58. The van der Waals surface area contributed by atoms with E-state index in [2.05, 4.69) is 9.88 Å². The quantitative estimate of drug-likeness (QED) is 0.633. The predicted octanol–water partition coefficient (Wildman–Crippen LogP) is 3.86. The van der Waals surface area contributed by atoms with E-state index in [0.717, 1.165) is 22.4 Å². The summed E-state index contributed by atoms with van der Waals surface area (Å²) in [6.45, 7) is 1.39. The summed E-state index contributed by atoms with van der Waals surface area (Å²) in [5.74, 6) is 0.453. The van der Waals surface area contributed by atoms with Crippen molar-refractivity contribution in [3.8, 4) is 17.2 Å². The zero-order valence-corrected chi connectivity index (χ0v) is 17.7. The van der Waals surface area contributed by atoms with Gasteiger partial charge in [-0.25, -0.2) is 0 Å². The minimum Gasteiger partial charge on any atom is -0.497 e. The van der Waals surface area contributed by atoms with E-state index in [1.54, 1.807) is 13.3 Å². The molecule has 0 spiro atoms. The second-order valence-electron chi connectivity index (χ2n) is 8.09. The number of aliphatic carboxylic acids is 1. The first-order chi connectivity index (χ1) is 15.6. The molecule has 0 saturated carbocycles. The third-order valence-corrected chi connectivity index (χ3v) is 6.27. The number of benzene rings is 2. The molecule has 1 aromatic heterocycles. The highest BCUT2D eigenvalue weighted by molar-refractivity contribution is 5.74. The molecule has 0 radical (unpaired) electrons. The van der Waals surface area contributed by atoms with Gasteiger partial charge in [0.2, 0.25) is 6.79 Å². The maximum absolute atomic E-state index is 12.6. The third kappa shape index (κ3) is 3.76. The van der Waals surface area contributed by atoms with Crippen molar-refractivity contribution in [3.63, 3.8) is 0 Å². The van der Waals surface area contributed by atoms with Crippen LogP contribution in [0.1, 0.15) is 28.7 Å². The summed E-state index contributed by atoms with van der Waals surface area (Å²) in [5, 5.41) is 10.3. The molecule has 1 fully saturated rings. The highest BCUT2D eigenvalue weighted by atomic mass is 16.7. The zero-order chi connectivity index (χ0) is 22.1. The fourth-order valence-corrected chi connectivity index (χ4v) is 4.80. The lowest BCUT2D eigenvalue weighted by atomic mass is 9.82. The minimum atomic E-state index is -0.817.